The first kappa shape index (κ1) is 18.0. The van der Waals surface area contributed by atoms with Crippen LogP contribution in [0.3, 0.4) is 0 Å². The zero-order valence-corrected chi connectivity index (χ0v) is 17.0. The highest BCUT2D eigenvalue weighted by Gasteiger charge is 2.58. The molecule has 2 nitrogen and oxygen atoms in total. The van der Waals surface area contributed by atoms with Crippen molar-refractivity contribution in [1.29, 1.82) is 0 Å². The number of aliphatic hydroxyl groups is 1. The average Bonchev–Trinajstić information content (AvgIpc) is 2.82. The molecule has 0 radical (unpaired) electrons. The molecule has 1 N–H and O–H groups in total. The number of rotatable bonds is 1. The van der Waals surface area contributed by atoms with Gasteiger partial charge < -0.3 is 9.84 Å². The minimum atomic E-state index is -0.0624. The Hall–Kier alpha value is -0.340. The zero-order chi connectivity index (χ0) is 18.0. The van der Waals surface area contributed by atoms with Gasteiger partial charge in [-0.05, 0) is 101 Å². The molecule has 4 aliphatic rings. The molecule has 3 saturated carbocycles. The lowest BCUT2D eigenvalue weighted by Crippen LogP contribution is -2.51. The number of aliphatic hydroxyl groups excluding tert-OH is 1. The molecule has 0 aromatic rings. The van der Waals surface area contributed by atoms with Gasteiger partial charge in [-0.15, -0.1) is 0 Å². The van der Waals surface area contributed by atoms with Gasteiger partial charge in [0.05, 0.1) is 17.8 Å². The van der Waals surface area contributed by atoms with Gasteiger partial charge in [0, 0.05) is 0 Å². The summed E-state index contributed by atoms with van der Waals surface area (Å²) in [5.74, 6) is 2.36. The van der Waals surface area contributed by atoms with Crippen molar-refractivity contribution in [2.24, 2.45) is 28.6 Å². The molecule has 7 atom stereocenters. The lowest BCUT2D eigenvalue weighted by Gasteiger charge is -2.58. The van der Waals surface area contributed by atoms with Gasteiger partial charge in [-0.3, -0.25) is 0 Å². The monoisotopic (exact) mass is 346 g/mol. The van der Waals surface area contributed by atoms with Crippen LogP contribution in [0.25, 0.3) is 0 Å². The summed E-state index contributed by atoms with van der Waals surface area (Å²) < 4.78 is 6.33. The third-order valence-electron chi connectivity index (χ3n) is 8.53. The minimum Gasteiger partial charge on any atom is -0.393 e. The quantitative estimate of drug-likeness (QED) is 0.636. The maximum atomic E-state index is 10.6. The first-order valence-corrected chi connectivity index (χ1v) is 10.7. The first-order valence-electron chi connectivity index (χ1n) is 10.7. The molecule has 0 heterocycles. The second-order valence-corrected chi connectivity index (χ2v) is 11.0. The molecular formula is C23H38O2. The fourth-order valence-corrected chi connectivity index (χ4v) is 7.20. The van der Waals surface area contributed by atoms with Crippen molar-refractivity contribution in [1.82, 2.24) is 0 Å². The van der Waals surface area contributed by atoms with Crippen molar-refractivity contribution in [3.8, 4) is 0 Å². The maximum absolute atomic E-state index is 10.6. The predicted molar refractivity (Wildman–Crippen MR) is 102 cm³/mol. The number of allylic oxidation sites excluding steroid dienone is 1. The van der Waals surface area contributed by atoms with Gasteiger partial charge in [0.25, 0.3) is 0 Å². The molecule has 0 bridgehead atoms. The fourth-order valence-electron chi connectivity index (χ4n) is 7.20. The summed E-state index contributed by atoms with van der Waals surface area (Å²) in [6.07, 6.45) is 12.6. The fraction of sp³-hybridized carbons (Fsp3) is 0.913. The Bertz CT molecular complexity index is 559. The average molecular weight is 347 g/mol. The number of hydrogen-bond donors (Lipinski definition) is 1. The normalized spacial score (nSPS) is 49.8. The van der Waals surface area contributed by atoms with E-state index in [4.69, 9.17) is 4.74 Å². The summed E-state index contributed by atoms with van der Waals surface area (Å²) in [6.45, 7) is 11.5. The van der Waals surface area contributed by atoms with E-state index in [2.05, 4.69) is 40.7 Å². The van der Waals surface area contributed by atoms with Gasteiger partial charge in [-0.2, -0.15) is 0 Å². The predicted octanol–water partition coefficient (Wildman–Crippen LogP) is 5.49. The molecule has 2 heteroatoms. The Morgan fingerprint density at radius 3 is 2.52 bits per heavy atom. The van der Waals surface area contributed by atoms with E-state index in [1.807, 2.05) is 0 Å². The van der Waals surface area contributed by atoms with Crippen LogP contribution in [0, 0.1) is 28.6 Å². The van der Waals surface area contributed by atoms with E-state index >= 15 is 0 Å². The van der Waals surface area contributed by atoms with E-state index in [1.54, 1.807) is 5.57 Å². The summed E-state index contributed by atoms with van der Waals surface area (Å²) >= 11 is 0. The Balaban J connectivity index is 1.56. The van der Waals surface area contributed by atoms with Crippen molar-refractivity contribution in [3.63, 3.8) is 0 Å². The van der Waals surface area contributed by atoms with Crippen molar-refractivity contribution in [3.05, 3.63) is 11.6 Å². The summed E-state index contributed by atoms with van der Waals surface area (Å²) in [5.41, 5.74) is 2.23. The Kier molecular flexibility index (Phi) is 4.21. The van der Waals surface area contributed by atoms with E-state index in [0.29, 0.717) is 11.5 Å². The third kappa shape index (κ3) is 2.83. The van der Waals surface area contributed by atoms with E-state index in [-0.39, 0.29) is 17.1 Å². The van der Waals surface area contributed by atoms with Crippen LogP contribution >= 0.6 is 0 Å². The van der Waals surface area contributed by atoms with Crippen molar-refractivity contribution in [2.45, 2.75) is 104 Å². The molecular weight excluding hydrogens is 308 g/mol. The van der Waals surface area contributed by atoms with Crippen LogP contribution in [-0.4, -0.2) is 22.9 Å². The summed E-state index contributed by atoms with van der Waals surface area (Å²) in [6, 6.07) is 0. The van der Waals surface area contributed by atoms with E-state index in [0.717, 1.165) is 30.6 Å². The number of ether oxygens (including phenoxy) is 1. The molecule has 0 saturated heterocycles. The molecule has 3 fully saturated rings. The molecule has 4 aliphatic carbocycles. The lowest BCUT2D eigenvalue weighted by molar-refractivity contribution is -0.0988. The Labute approximate surface area is 154 Å². The van der Waals surface area contributed by atoms with Crippen LogP contribution in [0.1, 0.15) is 86.0 Å². The molecule has 142 valence electrons. The molecule has 0 spiro atoms. The molecule has 0 amide bonds. The minimum absolute atomic E-state index is 0.0389. The van der Waals surface area contributed by atoms with Crippen LogP contribution in [0.4, 0.5) is 0 Å². The molecule has 0 unspecified atom stereocenters. The van der Waals surface area contributed by atoms with E-state index in [1.165, 1.54) is 38.5 Å². The van der Waals surface area contributed by atoms with Crippen LogP contribution in [-0.2, 0) is 4.74 Å². The molecule has 0 aromatic carbocycles. The van der Waals surface area contributed by atoms with Crippen LogP contribution < -0.4 is 0 Å². The topological polar surface area (TPSA) is 29.5 Å². The van der Waals surface area contributed by atoms with Gasteiger partial charge in [-0.25, -0.2) is 0 Å². The maximum Gasteiger partial charge on any atom is 0.0619 e. The highest BCUT2D eigenvalue weighted by atomic mass is 16.5. The Morgan fingerprint density at radius 2 is 1.80 bits per heavy atom. The second-order valence-electron chi connectivity index (χ2n) is 11.0. The largest absolute Gasteiger partial charge is 0.393 e. The summed E-state index contributed by atoms with van der Waals surface area (Å²) in [7, 11) is 0. The molecule has 0 aromatic heterocycles. The first-order chi connectivity index (χ1) is 11.6. The highest BCUT2D eigenvalue weighted by molar-refractivity contribution is 5.25. The Morgan fingerprint density at radius 1 is 1.04 bits per heavy atom. The summed E-state index contributed by atoms with van der Waals surface area (Å²) in [5, 5.41) is 10.6. The van der Waals surface area contributed by atoms with Crippen LogP contribution in [0.5, 0.6) is 0 Å². The zero-order valence-electron chi connectivity index (χ0n) is 17.0. The van der Waals surface area contributed by atoms with E-state index in [9.17, 15) is 5.11 Å². The number of fused-ring (bicyclic) bond motifs is 5. The second kappa shape index (κ2) is 5.83. The van der Waals surface area contributed by atoms with Crippen molar-refractivity contribution >= 4 is 0 Å². The smallest absolute Gasteiger partial charge is 0.0619 e. The standard InChI is InChI=1S/C23H38O2/c1-21(2,3)25-16-10-12-22(4)15(14-16)6-7-17-18-8-9-20(24)23(18,5)13-11-19(17)22/h6,16-20,24H,7-14H2,1-5H3/t16-,17+,18+,19+,20-,22+,23+/m1/s1. The third-order valence-corrected chi connectivity index (χ3v) is 8.53. The molecule has 0 aliphatic heterocycles. The van der Waals surface area contributed by atoms with Gasteiger partial charge in [0.2, 0.25) is 0 Å². The van der Waals surface area contributed by atoms with Crippen molar-refractivity contribution in [2.75, 3.05) is 0 Å². The lowest BCUT2D eigenvalue weighted by atomic mass is 9.48. The molecule has 25 heavy (non-hydrogen) atoms. The van der Waals surface area contributed by atoms with Crippen molar-refractivity contribution < 1.29 is 9.84 Å². The van der Waals surface area contributed by atoms with Gasteiger partial charge >= 0.3 is 0 Å². The van der Waals surface area contributed by atoms with Gasteiger partial charge in [0.15, 0.2) is 0 Å². The molecule has 4 rings (SSSR count). The van der Waals surface area contributed by atoms with Gasteiger partial charge in [-0.1, -0.05) is 25.5 Å². The number of hydrogen-bond acceptors (Lipinski definition) is 2. The SMILES string of the molecule is CC(C)(C)O[C@@H]1CC[C@@]2(C)C(=CC[C@H]3[C@@H]4CC[C@@H](O)[C@@]4(C)CC[C@@H]32)C1. The van der Waals surface area contributed by atoms with Crippen LogP contribution in [0.15, 0.2) is 11.6 Å². The highest BCUT2D eigenvalue weighted by Crippen LogP contribution is 2.64. The summed E-state index contributed by atoms with van der Waals surface area (Å²) in [4.78, 5) is 0. The van der Waals surface area contributed by atoms with Crippen LogP contribution in [0.2, 0.25) is 0 Å². The van der Waals surface area contributed by atoms with E-state index < -0.39 is 0 Å². The van der Waals surface area contributed by atoms with Gasteiger partial charge in [0.1, 0.15) is 0 Å².